The molecule has 0 spiro atoms. The molecule has 0 aliphatic rings. The third-order valence-corrected chi connectivity index (χ3v) is 2.94. The van der Waals surface area contributed by atoms with Gasteiger partial charge in [-0.1, -0.05) is 0 Å². The summed E-state index contributed by atoms with van der Waals surface area (Å²) in [4.78, 5) is 17.0. The van der Waals surface area contributed by atoms with Gasteiger partial charge in [0.1, 0.15) is 0 Å². The number of nitrogens with zero attached hydrogens (tertiary/aromatic N) is 4. The lowest BCUT2D eigenvalue weighted by Gasteiger charge is -2.17. The van der Waals surface area contributed by atoms with E-state index in [0.717, 1.165) is 18.8 Å². The predicted molar refractivity (Wildman–Crippen MR) is 79.3 cm³/mol. The van der Waals surface area contributed by atoms with Gasteiger partial charge in [0.2, 0.25) is 0 Å². The molecule has 7 nitrogen and oxygen atoms in total. The van der Waals surface area contributed by atoms with E-state index in [1.54, 1.807) is 24.5 Å². The molecule has 0 bridgehead atoms. The number of amides is 1. The third kappa shape index (κ3) is 4.41. The number of hydrogen-bond acceptors (Lipinski definition) is 6. The Morgan fingerprint density at radius 1 is 1.24 bits per heavy atom. The van der Waals surface area contributed by atoms with Crippen LogP contribution in [0.3, 0.4) is 0 Å². The molecule has 0 fully saturated rings. The zero-order chi connectivity index (χ0) is 15.1. The number of rotatable bonds is 5. The Bertz CT molecular complexity index is 574. The van der Waals surface area contributed by atoms with E-state index in [-0.39, 0.29) is 0 Å². The second kappa shape index (κ2) is 7.18. The molecule has 1 amide bonds. The molecule has 0 unspecified atom stereocenters. The summed E-state index contributed by atoms with van der Waals surface area (Å²) < 4.78 is 4.49. The topological polar surface area (TPSA) is 80.2 Å². The monoisotopic (exact) mass is 287 g/mol. The summed E-state index contributed by atoms with van der Waals surface area (Å²) >= 11 is 0. The van der Waals surface area contributed by atoms with Gasteiger partial charge in [-0.05, 0) is 36.2 Å². The highest BCUT2D eigenvalue weighted by atomic mass is 16.5. The SMILES string of the molecule is COC(=O)Nc1ccc(N(C)CCc2ccncc2)nn1. The van der Waals surface area contributed by atoms with E-state index < -0.39 is 6.09 Å². The zero-order valence-corrected chi connectivity index (χ0v) is 12.0. The average molecular weight is 287 g/mol. The number of methoxy groups -OCH3 is 1. The molecule has 0 saturated carbocycles. The first-order valence-corrected chi connectivity index (χ1v) is 6.48. The van der Waals surface area contributed by atoms with Crippen molar-refractivity contribution in [2.75, 3.05) is 30.9 Å². The number of likely N-dealkylation sites (N-methyl/N-ethyl adjacent to an activating group) is 1. The minimum atomic E-state index is -0.567. The fraction of sp³-hybridized carbons (Fsp3) is 0.286. The van der Waals surface area contributed by atoms with Crippen LogP contribution in [0, 0.1) is 0 Å². The minimum Gasteiger partial charge on any atom is -0.453 e. The van der Waals surface area contributed by atoms with Gasteiger partial charge in [-0.25, -0.2) is 4.79 Å². The summed E-state index contributed by atoms with van der Waals surface area (Å²) in [5.41, 5.74) is 1.22. The number of carbonyl (C=O) groups is 1. The summed E-state index contributed by atoms with van der Waals surface area (Å²) in [7, 11) is 3.24. The standard InChI is InChI=1S/C14H17N5O2/c1-19(10-7-11-5-8-15-9-6-11)13-4-3-12(17-18-13)16-14(20)21-2/h3-6,8-9H,7,10H2,1-2H3,(H,16,17,20). The molecule has 2 aromatic rings. The van der Waals surface area contributed by atoms with Crippen LogP contribution >= 0.6 is 0 Å². The normalized spacial score (nSPS) is 10.0. The highest BCUT2D eigenvalue weighted by Gasteiger charge is 2.06. The van der Waals surface area contributed by atoms with Crippen molar-refractivity contribution < 1.29 is 9.53 Å². The quantitative estimate of drug-likeness (QED) is 0.902. The fourth-order valence-electron chi connectivity index (χ4n) is 1.71. The van der Waals surface area contributed by atoms with E-state index in [9.17, 15) is 4.79 Å². The Balaban J connectivity index is 1.90. The van der Waals surface area contributed by atoms with Gasteiger partial charge in [0.05, 0.1) is 7.11 Å². The second-order valence-corrected chi connectivity index (χ2v) is 4.42. The lowest BCUT2D eigenvalue weighted by Crippen LogP contribution is -2.22. The zero-order valence-electron chi connectivity index (χ0n) is 12.0. The summed E-state index contributed by atoms with van der Waals surface area (Å²) in [6.07, 6.45) is 3.89. The summed E-state index contributed by atoms with van der Waals surface area (Å²) in [5, 5.41) is 10.5. The molecule has 110 valence electrons. The van der Waals surface area contributed by atoms with Crippen molar-refractivity contribution in [3.63, 3.8) is 0 Å². The molecule has 0 saturated heterocycles. The van der Waals surface area contributed by atoms with Crippen LogP contribution in [-0.2, 0) is 11.2 Å². The second-order valence-electron chi connectivity index (χ2n) is 4.42. The maximum atomic E-state index is 11.0. The van der Waals surface area contributed by atoms with Crippen molar-refractivity contribution >= 4 is 17.7 Å². The number of hydrogen-bond donors (Lipinski definition) is 1. The Kier molecular flexibility index (Phi) is 5.03. The molecule has 0 radical (unpaired) electrons. The van der Waals surface area contributed by atoms with Crippen molar-refractivity contribution in [1.29, 1.82) is 0 Å². The van der Waals surface area contributed by atoms with Crippen LogP contribution in [0.4, 0.5) is 16.4 Å². The molecular weight excluding hydrogens is 270 g/mol. The maximum Gasteiger partial charge on any atom is 0.412 e. The van der Waals surface area contributed by atoms with E-state index >= 15 is 0 Å². The van der Waals surface area contributed by atoms with Crippen LogP contribution in [0.2, 0.25) is 0 Å². The van der Waals surface area contributed by atoms with Crippen LogP contribution in [-0.4, -0.2) is 42.0 Å². The van der Waals surface area contributed by atoms with Gasteiger partial charge in [-0.3, -0.25) is 10.3 Å². The highest BCUT2D eigenvalue weighted by Crippen LogP contribution is 2.11. The van der Waals surface area contributed by atoms with Crippen LogP contribution in [0.5, 0.6) is 0 Å². The van der Waals surface area contributed by atoms with Crippen LogP contribution in [0.1, 0.15) is 5.56 Å². The molecule has 0 aliphatic carbocycles. The number of carbonyl (C=O) groups excluding carboxylic acids is 1. The Hall–Kier alpha value is -2.70. The third-order valence-electron chi connectivity index (χ3n) is 2.94. The van der Waals surface area contributed by atoms with Crippen molar-refractivity contribution in [1.82, 2.24) is 15.2 Å². The number of ether oxygens (including phenoxy) is 1. The van der Waals surface area contributed by atoms with Gasteiger partial charge in [0.25, 0.3) is 0 Å². The number of nitrogens with one attached hydrogen (secondary N) is 1. The molecule has 21 heavy (non-hydrogen) atoms. The van der Waals surface area contributed by atoms with Gasteiger partial charge in [-0.2, -0.15) is 0 Å². The molecule has 0 aromatic carbocycles. The molecule has 2 aromatic heterocycles. The first-order valence-electron chi connectivity index (χ1n) is 6.48. The Morgan fingerprint density at radius 3 is 2.62 bits per heavy atom. The van der Waals surface area contributed by atoms with Crippen molar-refractivity contribution in [2.45, 2.75) is 6.42 Å². The summed E-state index contributed by atoms with van der Waals surface area (Å²) in [6, 6.07) is 7.46. The van der Waals surface area contributed by atoms with Gasteiger partial charge < -0.3 is 9.64 Å². The predicted octanol–water partition coefficient (Wildman–Crippen LogP) is 1.73. The lowest BCUT2D eigenvalue weighted by molar-refractivity contribution is 0.187. The smallest absolute Gasteiger partial charge is 0.412 e. The van der Waals surface area contributed by atoms with Gasteiger partial charge in [0.15, 0.2) is 11.6 Å². The van der Waals surface area contributed by atoms with Crippen molar-refractivity contribution in [2.24, 2.45) is 0 Å². The van der Waals surface area contributed by atoms with E-state index in [0.29, 0.717) is 5.82 Å². The van der Waals surface area contributed by atoms with E-state index in [1.807, 2.05) is 24.1 Å². The van der Waals surface area contributed by atoms with E-state index in [2.05, 4.69) is 25.2 Å². The molecule has 1 N–H and O–H groups in total. The maximum absolute atomic E-state index is 11.0. The molecule has 2 rings (SSSR count). The Labute approximate surface area is 123 Å². The molecule has 7 heteroatoms. The van der Waals surface area contributed by atoms with E-state index in [1.165, 1.54) is 12.7 Å². The van der Waals surface area contributed by atoms with Gasteiger partial charge in [-0.15, -0.1) is 10.2 Å². The largest absolute Gasteiger partial charge is 0.453 e. The molecule has 0 aliphatic heterocycles. The first kappa shape index (κ1) is 14.7. The highest BCUT2D eigenvalue weighted by molar-refractivity contribution is 5.83. The van der Waals surface area contributed by atoms with Crippen LogP contribution in [0.15, 0.2) is 36.7 Å². The van der Waals surface area contributed by atoms with Gasteiger partial charge >= 0.3 is 6.09 Å². The average Bonchev–Trinajstić information content (AvgIpc) is 2.54. The summed E-state index contributed by atoms with van der Waals surface area (Å²) in [6.45, 7) is 0.808. The van der Waals surface area contributed by atoms with E-state index in [4.69, 9.17) is 0 Å². The molecule has 0 atom stereocenters. The van der Waals surface area contributed by atoms with Crippen molar-refractivity contribution in [3.05, 3.63) is 42.2 Å². The number of pyridine rings is 1. The Morgan fingerprint density at radius 2 is 2.00 bits per heavy atom. The summed E-state index contributed by atoms with van der Waals surface area (Å²) in [5.74, 6) is 1.09. The lowest BCUT2D eigenvalue weighted by atomic mass is 10.2. The molecular formula is C14H17N5O2. The van der Waals surface area contributed by atoms with Crippen LogP contribution in [0.25, 0.3) is 0 Å². The fourth-order valence-corrected chi connectivity index (χ4v) is 1.71. The van der Waals surface area contributed by atoms with Gasteiger partial charge in [0, 0.05) is 26.0 Å². The van der Waals surface area contributed by atoms with Crippen LogP contribution < -0.4 is 10.2 Å². The van der Waals surface area contributed by atoms with Crippen molar-refractivity contribution in [3.8, 4) is 0 Å². The first-order chi connectivity index (χ1) is 10.2. The number of anilines is 2. The number of aromatic nitrogens is 3. The minimum absolute atomic E-state index is 0.355. The molecule has 2 heterocycles.